The number of fused-ring (bicyclic) bond motifs is 2. The van der Waals surface area contributed by atoms with Gasteiger partial charge in [-0.3, -0.25) is 14.5 Å². The Kier molecular flexibility index (Phi) is 11.0. The van der Waals surface area contributed by atoms with Gasteiger partial charge in [-0.2, -0.15) is 0 Å². The number of halogens is 3. The fourth-order valence-corrected chi connectivity index (χ4v) is 9.75. The summed E-state index contributed by atoms with van der Waals surface area (Å²) in [5.41, 5.74) is 0.691. The van der Waals surface area contributed by atoms with Gasteiger partial charge in [0.15, 0.2) is 0 Å². The molecule has 0 radical (unpaired) electrons. The highest BCUT2D eigenvalue weighted by atomic mass is 35.5. The minimum Gasteiger partial charge on any atom is -0.393 e. The van der Waals surface area contributed by atoms with Crippen LogP contribution in [0.2, 0.25) is 10.0 Å². The van der Waals surface area contributed by atoms with Gasteiger partial charge in [0.1, 0.15) is 11.2 Å². The maximum Gasteiger partial charge on any atom is 0.238 e. The fraction of sp³-hybridized carbons (Fsp3) is 0.409. The van der Waals surface area contributed by atoms with Crippen molar-refractivity contribution in [1.82, 2.24) is 10.2 Å². The number of hydrogen-bond acceptors (Lipinski definition) is 5. The van der Waals surface area contributed by atoms with Crippen LogP contribution in [-0.4, -0.2) is 51.7 Å². The number of nitrogens with one attached hydrogen (secondary N) is 2. The number of aliphatic hydroxyl groups is 2. The summed E-state index contributed by atoms with van der Waals surface area (Å²) >= 11 is 13.1. The van der Waals surface area contributed by atoms with Crippen LogP contribution in [0.4, 0.5) is 10.1 Å². The number of amides is 2. The molecule has 2 amide bonds. The first-order valence-electron chi connectivity index (χ1n) is 18.9. The normalized spacial score (nSPS) is 26.7. The summed E-state index contributed by atoms with van der Waals surface area (Å²) in [5, 5.41) is 29.5. The van der Waals surface area contributed by atoms with E-state index >= 15 is 14.0 Å². The zero-order valence-electron chi connectivity index (χ0n) is 30.8. The average Bonchev–Trinajstić information content (AvgIpc) is 3.59. The molecule has 0 unspecified atom stereocenters. The average molecular weight is 773 g/mol. The third kappa shape index (κ3) is 7.08. The summed E-state index contributed by atoms with van der Waals surface area (Å²) in [6, 6.07) is 26.1. The van der Waals surface area contributed by atoms with Crippen molar-refractivity contribution >= 4 is 40.7 Å². The first-order valence-corrected chi connectivity index (χ1v) is 19.6. The molecule has 3 aliphatic rings. The molecule has 0 aromatic heterocycles. The van der Waals surface area contributed by atoms with Gasteiger partial charge >= 0.3 is 0 Å². The van der Waals surface area contributed by atoms with E-state index in [-0.39, 0.29) is 34.4 Å². The number of benzene rings is 4. The van der Waals surface area contributed by atoms with Gasteiger partial charge in [0.05, 0.1) is 29.3 Å². The van der Waals surface area contributed by atoms with Gasteiger partial charge in [-0.1, -0.05) is 123 Å². The Balaban J connectivity index is 1.53. The van der Waals surface area contributed by atoms with Crippen LogP contribution in [0.3, 0.4) is 0 Å². The Morgan fingerprint density at radius 3 is 2.24 bits per heavy atom. The molecule has 284 valence electrons. The first kappa shape index (κ1) is 38.5. The smallest absolute Gasteiger partial charge is 0.238 e. The third-order valence-corrected chi connectivity index (χ3v) is 12.3. The van der Waals surface area contributed by atoms with Crippen LogP contribution in [-0.2, 0) is 15.0 Å². The zero-order chi connectivity index (χ0) is 38.4. The minimum absolute atomic E-state index is 0.118. The lowest BCUT2D eigenvalue weighted by Crippen LogP contribution is -2.53. The van der Waals surface area contributed by atoms with E-state index in [0.29, 0.717) is 47.6 Å². The zero-order valence-corrected chi connectivity index (χ0v) is 32.3. The van der Waals surface area contributed by atoms with E-state index in [1.807, 2.05) is 71.6 Å². The predicted octanol–water partition coefficient (Wildman–Crippen LogP) is 8.74. The number of aliphatic hydroxyl groups excluding tert-OH is 2. The van der Waals surface area contributed by atoms with Crippen molar-refractivity contribution in [1.29, 1.82) is 0 Å². The van der Waals surface area contributed by atoms with Crippen LogP contribution in [0.5, 0.6) is 0 Å². The van der Waals surface area contributed by atoms with Gasteiger partial charge in [-0.25, -0.2) is 4.39 Å². The number of nitrogens with zero attached hydrogens (tertiary/aromatic N) is 1. The molecule has 4 N–H and O–H groups in total. The standard InChI is InChI=1S/C44H48Cl2FN3O4/c1-43(2,3)24-35-44(32-22-19-29(45)23-34(32)49-42(44)54)36(31-15-10-16-33(46)37(31)47)39(41(53)48-25-26-17-20-30(51)21-18-26)50(35)38(27-11-6-4-7-12-27)40(52)28-13-8-5-9-14-28/h4-16,19,22-23,26,30,35-36,38-40,51-52H,17-18,20-21,24-25H2,1-3H3,(H,48,53)(H,49,54)/t26?,30?,35-,36+,38-,39-,40+,44+/m1/s1. The molecule has 4 aromatic rings. The van der Waals surface area contributed by atoms with Crippen molar-refractivity contribution < 1.29 is 24.2 Å². The molecule has 1 spiro atoms. The van der Waals surface area contributed by atoms with Gasteiger partial charge in [0.25, 0.3) is 0 Å². The van der Waals surface area contributed by atoms with Crippen LogP contribution < -0.4 is 10.6 Å². The molecular weight excluding hydrogens is 724 g/mol. The quantitative estimate of drug-likeness (QED) is 0.136. The number of carbonyl (C=O) groups is 2. The topological polar surface area (TPSA) is 102 Å². The van der Waals surface area contributed by atoms with Crippen LogP contribution in [0, 0.1) is 17.2 Å². The second kappa shape index (κ2) is 15.4. The molecule has 54 heavy (non-hydrogen) atoms. The van der Waals surface area contributed by atoms with Crippen molar-refractivity contribution in [2.45, 2.75) is 94.5 Å². The van der Waals surface area contributed by atoms with Crippen molar-refractivity contribution in [3.05, 3.63) is 135 Å². The van der Waals surface area contributed by atoms with E-state index in [0.717, 1.165) is 18.4 Å². The SMILES string of the molecule is CC(C)(C)C[C@H]1N([C@H](c2ccccc2)[C@@H](O)c2ccccc2)[C@@H](C(=O)NCC2CCC(O)CC2)[C@H](c2cccc(Cl)c2F)[C@@]12C(=O)Nc1cc(Cl)ccc12. The van der Waals surface area contributed by atoms with Gasteiger partial charge in [-0.05, 0) is 83.9 Å². The summed E-state index contributed by atoms with van der Waals surface area (Å²) in [7, 11) is 0. The van der Waals surface area contributed by atoms with Crippen molar-refractivity contribution in [2.24, 2.45) is 11.3 Å². The molecule has 2 aliphatic heterocycles. The fourth-order valence-electron chi connectivity index (χ4n) is 9.40. The Morgan fingerprint density at radius 2 is 1.59 bits per heavy atom. The van der Waals surface area contributed by atoms with E-state index in [9.17, 15) is 10.2 Å². The van der Waals surface area contributed by atoms with Crippen LogP contribution in [0.1, 0.15) is 93.2 Å². The van der Waals surface area contributed by atoms with Crippen molar-refractivity contribution in [3.63, 3.8) is 0 Å². The van der Waals surface area contributed by atoms with Gasteiger partial charge in [-0.15, -0.1) is 0 Å². The Bertz CT molecular complexity index is 1990. The monoisotopic (exact) mass is 771 g/mol. The van der Waals surface area contributed by atoms with E-state index in [2.05, 4.69) is 31.4 Å². The molecule has 10 heteroatoms. The lowest BCUT2D eigenvalue weighted by molar-refractivity contribution is -0.129. The van der Waals surface area contributed by atoms with Gasteiger partial charge < -0.3 is 20.8 Å². The van der Waals surface area contributed by atoms with Gasteiger partial charge in [0.2, 0.25) is 11.8 Å². The lowest BCUT2D eigenvalue weighted by Gasteiger charge is -2.44. The molecule has 1 aliphatic carbocycles. The third-order valence-electron chi connectivity index (χ3n) is 11.7. The second-order valence-corrected chi connectivity index (χ2v) is 17.3. The van der Waals surface area contributed by atoms with E-state index < -0.39 is 46.8 Å². The van der Waals surface area contributed by atoms with E-state index in [1.165, 1.54) is 6.07 Å². The summed E-state index contributed by atoms with van der Waals surface area (Å²) < 4.78 is 16.8. The predicted molar refractivity (Wildman–Crippen MR) is 211 cm³/mol. The Morgan fingerprint density at radius 1 is 0.944 bits per heavy atom. The number of hydrogen-bond donors (Lipinski definition) is 4. The van der Waals surface area contributed by atoms with Gasteiger partial charge in [0, 0.05) is 29.2 Å². The van der Waals surface area contributed by atoms with Crippen LogP contribution >= 0.6 is 23.2 Å². The second-order valence-electron chi connectivity index (χ2n) is 16.4. The molecule has 2 fully saturated rings. The summed E-state index contributed by atoms with van der Waals surface area (Å²) in [6.45, 7) is 6.60. The molecule has 4 aromatic carbocycles. The van der Waals surface area contributed by atoms with Crippen molar-refractivity contribution in [3.8, 4) is 0 Å². The highest BCUT2D eigenvalue weighted by Gasteiger charge is 2.70. The summed E-state index contributed by atoms with van der Waals surface area (Å²) in [4.78, 5) is 32.6. The number of likely N-dealkylation sites (tertiary alicyclic amines) is 1. The summed E-state index contributed by atoms with van der Waals surface area (Å²) in [6.07, 6.45) is 1.72. The maximum absolute atomic E-state index is 16.8. The molecule has 1 saturated heterocycles. The largest absolute Gasteiger partial charge is 0.393 e. The van der Waals surface area contributed by atoms with Crippen LogP contribution in [0.25, 0.3) is 0 Å². The van der Waals surface area contributed by atoms with Crippen molar-refractivity contribution in [2.75, 3.05) is 11.9 Å². The van der Waals surface area contributed by atoms with Crippen LogP contribution in [0.15, 0.2) is 97.1 Å². The maximum atomic E-state index is 16.8. The Hall–Kier alpha value is -3.79. The molecule has 2 heterocycles. The molecule has 6 atom stereocenters. The lowest BCUT2D eigenvalue weighted by atomic mass is 9.62. The van der Waals surface area contributed by atoms with E-state index in [4.69, 9.17) is 23.2 Å². The highest BCUT2D eigenvalue weighted by Crippen LogP contribution is 2.63. The highest BCUT2D eigenvalue weighted by molar-refractivity contribution is 6.31. The molecule has 7 nitrogen and oxygen atoms in total. The number of rotatable bonds is 9. The minimum atomic E-state index is -1.53. The first-order chi connectivity index (χ1) is 25.8. The molecular formula is C44H48Cl2FN3O4. The molecule has 0 bridgehead atoms. The number of anilines is 1. The number of carbonyl (C=O) groups excluding carboxylic acids is 2. The molecule has 1 saturated carbocycles. The summed E-state index contributed by atoms with van der Waals surface area (Å²) in [5.74, 6) is -2.40. The molecule has 7 rings (SSSR count). The Labute approximate surface area is 326 Å². The van der Waals surface area contributed by atoms with E-state index in [1.54, 1.807) is 24.3 Å².